The summed E-state index contributed by atoms with van der Waals surface area (Å²) in [6.07, 6.45) is 2.38. The minimum Gasteiger partial charge on any atom is -0.370 e. The van der Waals surface area contributed by atoms with Crippen molar-refractivity contribution in [2.24, 2.45) is 5.92 Å². The minimum absolute atomic E-state index is 0.0123. The molecule has 0 aromatic carbocycles. The fourth-order valence-corrected chi connectivity index (χ4v) is 1.56. The molecule has 1 aliphatic heterocycles. The predicted octanol–water partition coefficient (Wildman–Crippen LogP) is 0.527. The zero-order valence-electron chi connectivity index (χ0n) is 9.71. The molecule has 15 heavy (non-hydrogen) atoms. The topological polar surface area (TPSA) is 50.4 Å². The minimum atomic E-state index is -0.0123. The van der Waals surface area contributed by atoms with Crippen molar-refractivity contribution in [1.29, 1.82) is 0 Å². The van der Waals surface area contributed by atoms with Gasteiger partial charge in [-0.1, -0.05) is 13.8 Å². The van der Waals surface area contributed by atoms with E-state index in [4.69, 9.17) is 4.74 Å². The van der Waals surface area contributed by atoms with Gasteiger partial charge in [0.05, 0.1) is 6.61 Å². The lowest BCUT2D eigenvalue weighted by Gasteiger charge is -2.11. The predicted molar refractivity (Wildman–Crippen MR) is 59.7 cm³/mol. The largest absolute Gasteiger partial charge is 0.370 e. The van der Waals surface area contributed by atoms with Crippen molar-refractivity contribution >= 4 is 5.91 Å². The molecule has 88 valence electrons. The average Bonchev–Trinajstić information content (AvgIpc) is 2.67. The molecule has 0 aromatic rings. The van der Waals surface area contributed by atoms with Crippen LogP contribution in [0.15, 0.2) is 0 Å². The molecule has 1 saturated heterocycles. The van der Waals surface area contributed by atoms with E-state index in [0.29, 0.717) is 18.6 Å². The summed E-state index contributed by atoms with van der Waals surface area (Å²) in [6.45, 7) is 6.78. The molecular formula is C11H22N2O2. The Hall–Kier alpha value is -0.610. The Morgan fingerprint density at radius 3 is 3.00 bits per heavy atom. The molecule has 0 spiro atoms. The Morgan fingerprint density at radius 1 is 1.60 bits per heavy atom. The standard InChI is InChI=1S/C11H22N2O2/c1-9(2)6-13-11(14)8-15-7-10-4-3-5-12-10/h9-10,12H,3-8H2,1-2H3,(H,13,14). The lowest BCUT2D eigenvalue weighted by atomic mass is 10.2. The molecule has 1 heterocycles. The third-order valence-electron chi connectivity index (χ3n) is 2.42. The first kappa shape index (κ1) is 12.5. The molecule has 0 bridgehead atoms. The van der Waals surface area contributed by atoms with Gasteiger partial charge in [0.1, 0.15) is 6.61 Å². The van der Waals surface area contributed by atoms with Gasteiger partial charge >= 0.3 is 0 Å². The number of carbonyl (C=O) groups is 1. The lowest BCUT2D eigenvalue weighted by molar-refractivity contribution is -0.126. The van der Waals surface area contributed by atoms with Gasteiger partial charge in [0.2, 0.25) is 5.91 Å². The Balaban J connectivity index is 1.96. The van der Waals surface area contributed by atoms with E-state index in [2.05, 4.69) is 24.5 Å². The maximum atomic E-state index is 11.3. The van der Waals surface area contributed by atoms with Crippen LogP contribution in [0.25, 0.3) is 0 Å². The molecule has 0 aliphatic carbocycles. The van der Waals surface area contributed by atoms with E-state index < -0.39 is 0 Å². The number of hydrogen-bond donors (Lipinski definition) is 2. The van der Waals surface area contributed by atoms with Crippen molar-refractivity contribution in [2.75, 3.05) is 26.3 Å². The normalized spacial score (nSPS) is 20.9. The first-order valence-electron chi connectivity index (χ1n) is 5.76. The molecule has 1 unspecified atom stereocenters. The molecule has 4 heteroatoms. The lowest BCUT2D eigenvalue weighted by Crippen LogP contribution is -2.33. The van der Waals surface area contributed by atoms with Crippen molar-refractivity contribution in [3.05, 3.63) is 0 Å². The van der Waals surface area contributed by atoms with Crippen molar-refractivity contribution < 1.29 is 9.53 Å². The van der Waals surface area contributed by atoms with Crippen LogP contribution in [0, 0.1) is 5.92 Å². The highest BCUT2D eigenvalue weighted by molar-refractivity contribution is 5.77. The Labute approximate surface area is 91.8 Å². The number of ether oxygens (including phenoxy) is 1. The van der Waals surface area contributed by atoms with Gasteiger partial charge in [-0.2, -0.15) is 0 Å². The maximum absolute atomic E-state index is 11.3. The van der Waals surface area contributed by atoms with E-state index in [0.717, 1.165) is 19.5 Å². The Morgan fingerprint density at radius 2 is 2.40 bits per heavy atom. The molecule has 0 radical (unpaired) electrons. The van der Waals surface area contributed by atoms with Crippen LogP contribution in [0.3, 0.4) is 0 Å². The number of carbonyl (C=O) groups excluding carboxylic acids is 1. The van der Waals surface area contributed by atoms with Crippen LogP contribution in [-0.4, -0.2) is 38.3 Å². The van der Waals surface area contributed by atoms with Crippen LogP contribution >= 0.6 is 0 Å². The zero-order chi connectivity index (χ0) is 11.1. The van der Waals surface area contributed by atoms with E-state index in [1.165, 1.54) is 6.42 Å². The molecule has 4 nitrogen and oxygen atoms in total. The fraction of sp³-hybridized carbons (Fsp3) is 0.909. The highest BCUT2D eigenvalue weighted by atomic mass is 16.5. The zero-order valence-corrected chi connectivity index (χ0v) is 9.71. The second-order valence-electron chi connectivity index (χ2n) is 4.51. The number of hydrogen-bond acceptors (Lipinski definition) is 3. The number of rotatable bonds is 6. The van der Waals surface area contributed by atoms with E-state index in [-0.39, 0.29) is 12.5 Å². The SMILES string of the molecule is CC(C)CNC(=O)COCC1CCCN1. The van der Waals surface area contributed by atoms with Gasteiger partial charge in [-0.3, -0.25) is 4.79 Å². The maximum Gasteiger partial charge on any atom is 0.246 e. The summed E-state index contributed by atoms with van der Waals surface area (Å²) in [5.74, 6) is 0.479. The third-order valence-corrected chi connectivity index (χ3v) is 2.42. The van der Waals surface area contributed by atoms with Gasteiger partial charge in [-0.05, 0) is 25.3 Å². The smallest absolute Gasteiger partial charge is 0.246 e. The van der Waals surface area contributed by atoms with Crippen molar-refractivity contribution in [3.63, 3.8) is 0 Å². The van der Waals surface area contributed by atoms with Crippen LogP contribution in [0.2, 0.25) is 0 Å². The molecule has 1 atom stereocenters. The van der Waals surface area contributed by atoms with Gasteiger partial charge in [-0.25, -0.2) is 0 Å². The summed E-state index contributed by atoms with van der Waals surface area (Å²) in [4.78, 5) is 11.3. The summed E-state index contributed by atoms with van der Waals surface area (Å²) in [6, 6.07) is 0.447. The van der Waals surface area contributed by atoms with E-state index in [1.807, 2.05) is 0 Å². The van der Waals surface area contributed by atoms with Crippen LogP contribution in [-0.2, 0) is 9.53 Å². The first-order valence-corrected chi connectivity index (χ1v) is 5.76. The second-order valence-corrected chi connectivity index (χ2v) is 4.51. The summed E-state index contributed by atoms with van der Waals surface area (Å²) >= 11 is 0. The van der Waals surface area contributed by atoms with Crippen molar-refractivity contribution in [1.82, 2.24) is 10.6 Å². The van der Waals surface area contributed by atoms with Gasteiger partial charge in [-0.15, -0.1) is 0 Å². The van der Waals surface area contributed by atoms with E-state index in [1.54, 1.807) is 0 Å². The monoisotopic (exact) mass is 214 g/mol. The molecule has 1 fully saturated rings. The number of nitrogens with one attached hydrogen (secondary N) is 2. The summed E-state index contributed by atoms with van der Waals surface area (Å²) < 4.78 is 5.34. The third kappa shape index (κ3) is 5.74. The average molecular weight is 214 g/mol. The molecular weight excluding hydrogens is 192 g/mol. The number of amides is 1. The van der Waals surface area contributed by atoms with E-state index in [9.17, 15) is 4.79 Å². The summed E-state index contributed by atoms with van der Waals surface area (Å²) in [5, 5.41) is 6.15. The van der Waals surface area contributed by atoms with Gasteiger partial charge in [0.15, 0.2) is 0 Å². The van der Waals surface area contributed by atoms with Crippen molar-refractivity contribution in [3.8, 4) is 0 Å². The molecule has 1 aliphatic rings. The fourth-order valence-electron chi connectivity index (χ4n) is 1.56. The quantitative estimate of drug-likeness (QED) is 0.678. The van der Waals surface area contributed by atoms with E-state index >= 15 is 0 Å². The summed E-state index contributed by atoms with van der Waals surface area (Å²) in [7, 11) is 0. The van der Waals surface area contributed by atoms with Crippen molar-refractivity contribution in [2.45, 2.75) is 32.7 Å². The van der Waals surface area contributed by atoms with Crippen LogP contribution in [0.4, 0.5) is 0 Å². The second kappa shape index (κ2) is 6.80. The highest BCUT2D eigenvalue weighted by Crippen LogP contribution is 2.04. The Kier molecular flexibility index (Phi) is 5.65. The first-order chi connectivity index (χ1) is 7.18. The van der Waals surface area contributed by atoms with Gasteiger partial charge < -0.3 is 15.4 Å². The Bertz CT molecular complexity index is 189. The molecule has 1 rings (SSSR count). The van der Waals surface area contributed by atoms with Crippen LogP contribution in [0.1, 0.15) is 26.7 Å². The summed E-state index contributed by atoms with van der Waals surface area (Å²) in [5.41, 5.74) is 0. The molecule has 0 aromatic heterocycles. The van der Waals surface area contributed by atoms with Gasteiger partial charge in [0, 0.05) is 12.6 Å². The highest BCUT2D eigenvalue weighted by Gasteiger charge is 2.14. The van der Waals surface area contributed by atoms with Crippen LogP contribution in [0.5, 0.6) is 0 Å². The molecule has 0 saturated carbocycles. The van der Waals surface area contributed by atoms with Crippen LogP contribution < -0.4 is 10.6 Å². The van der Waals surface area contributed by atoms with Gasteiger partial charge in [0.25, 0.3) is 0 Å². The molecule has 1 amide bonds. The molecule has 2 N–H and O–H groups in total.